The Morgan fingerprint density at radius 2 is 1.91 bits per heavy atom. The molecule has 1 saturated heterocycles. The standard InChI is InChI=1S/C17H22ClNO3/c1-3-13(4-2)19-15(20)10-9-14(17(21)22)16(19)11-5-7-12(18)8-6-11/h5-8,13-14,16H,3-4,9-10H2,1-2H3,(H,21,22)/t14-,16-/m0/s1. The molecule has 2 rings (SSSR count). The summed E-state index contributed by atoms with van der Waals surface area (Å²) in [5.41, 5.74) is 0.844. The van der Waals surface area contributed by atoms with Gasteiger partial charge in [-0.1, -0.05) is 37.6 Å². The summed E-state index contributed by atoms with van der Waals surface area (Å²) in [7, 11) is 0. The van der Waals surface area contributed by atoms with E-state index in [0.717, 1.165) is 18.4 Å². The van der Waals surface area contributed by atoms with Crippen LogP contribution >= 0.6 is 11.6 Å². The summed E-state index contributed by atoms with van der Waals surface area (Å²) in [6.45, 7) is 4.06. The molecule has 0 spiro atoms. The molecule has 1 aromatic rings. The zero-order chi connectivity index (χ0) is 16.3. The molecule has 1 aromatic carbocycles. The fourth-order valence-electron chi connectivity index (χ4n) is 3.34. The van der Waals surface area contributed by atoms with E-state index in [1.165, 1.54) is 0 Å². The molecule has 1 amide bonds. The van der Waals surface area contributed by atoms with Crippen molar-refractivity contribution in [1.29, 1.82) is 0 Å². The van der Waals surface area contributed by atoms with Crippen LogP contribution in [-0.4, -0.2) is 27.9 Å². The lowest BCUT2D eigenvalue weighted by Gasteiger charge is -2.44. The van der Waals surface area contributed by atoms with Crippen molar-refractivity contribution in [2.24, 2.45) is 5.92 Å². The molecule has 2 atom stereocenters. The maximum Gasteiger partial charge on any atom is 0.308 e. The smallest absolute Gasteiger partial charge is 0.308 e. The van der Waals surface area contributed by atoms with Crippen molar-refractivity contribution in [3.8, 4) is 0 Å². The van der Waals surface area contributed by atoms with Crippen LogP contribution in [0.2, 0.25) is 5.02 Å². The number of carboxylic acid groups (broad SMARTS) is 1. The lowest BCUT2D eigenvalue weighted by Crippen LogP contribution is -2.50. The molecule has 1 N–H and O–H groups in total. The van der Waals surface area contributed by atoms with Crippen molar-refractivity contribution in [3.05, 3.63) is 34.9 Å². The minimum Gasteiger partial charge on any atom is -0.481 e. The highest BCUT2D eigenvalue weighted by Gasteiger charge is 2.42. The normalized spacial score (nSPS) is 22.2. The van der Waals surface area contributed by atoms with Crippen LogP contribution in [0.25, 0.3) is 0 Å². The number of rotatable bonds is 5. The van der Waals surface area contributed by atoms with Gasteiger partial charge in [-0.15, -0.1) is 0 Å². The Morgan fingerprint density at radius 1 is 1.32 bits per heavy atom. The number of aliphatic carboxylic acids is 1. The second-order valence-corrected chi connectivity index (χ2v) is 6.19. The first-order valence-corrected chi connectivity index (χ1v) is 8.16. The molecular weight excluding hydrogens is 302 g/mol. The molecule has 0 radical (unpaired) electrons. The zero-order valence-corrected chi connectivity index (χ0v) is 13.7. The van der Waals surface area contributed by atoms with E-state index in [4.69, 9.17) is 11.6 Å². The first kappa shape index (κ1) is 16.8. The van der Waals surface area contributed by atoms with Crippen LogP contribution in [0.4, 0.5) is 0 Å². The molecule has 0 unspecified atom stereocenters. The second-order valence-electron chi connectivity index (χ2n) is 5.75. The predicted octanol–water partition coefficient (Wildman–Crippen LogP) is 3.89. The van der Waals surface area contributed by atoms with Crippen LogP contribution < -0.4 is 0 Å². The fraction of sp³-hybridized carbons (Fsp3) is 0.529. The van der Waals surface area contributed by atoms with Crippen LogP contribution in [0.3, 0.4) is 0 Å². The third-order valence-corrected chi connectivity index (χ3v) is 4.75. The number of benzene rings is 1. The van der Waals surface area contributed by atoms with Crippen molar-refractivity contribution in [3.63, 3.8) is 0 Å². The van der Waals surface area contributed by atoms with Gasteiger partial charge >= 0.3 is 5.97 Å². The van der Waals surface area contributed by atoms with E-state index < -0.39 is 17.9 Å². The summed E-state index contributed by atoms with van der Waals surface area (Å²) < 4.78 is 0. The number of carbonyl (C=O) groups is 2. The third-order valence-electron chi connectivity index (χ3n) is 4.50. The lowest BCUT2D eigenvalue weighted by molar-refractivity contribution is -0.154. The molecule has 0 aromatic heterocycles. The average molecular weight is 324 g/mol. The molecule has 0 bridgehead atoms. The maximum absolute atomic E-state index is 12.5. The summed E-state index contributed by atoms with van der Waals surface area (Å²) in [4.78, 5) is 26.0. The van der Waals surface area contributed by atoms with Gasteiger partial charge in [0, 0.05) is 17.5 Å². The number of piperidine rings is 1. The Kier molecular flexibility index (Phi) is 5.46. The highest BCUT2D eigenvalue weighted by molar-refractivity contribution is 6.30. The van der Waals surface area contributed by atoms with Gasteiger partial charge in [0.2, 0.25) is 5.91 Å². The van der Waals surface area contributed by atoms with E-state index in [0.29, 0.717) is 17.9 Å². The molecule has 22 heavy (non-hydrogen) atoms. The molecule has 120 valence electrons. The average Bonchev–Trinajstić information content (AvgIpc) is 2.50. The molecule has 1 heterocycles. The summed E-state index contributed by atoms with van der Waals surface area (Å²) >= 11 is 5.93. The van der Waals surface area contributed by atoms with Crippen LogP contribution in [0.15, 0.2) is 24.3 Å². The van der Waals surface area contributed by atoms with Gasteiger partial charge < -0.3 is 10.0 Å². The van der Waals surface area contributed by atoms with Crippen molar-refractivity contribution in [2.75, 3.05) is 0 Å². The van der Waals surface area contributed by atoms with Gasteiger partial charge in [-0.3, -0.25) is 9.59 Å². The highest BCUT2D eigenvalue weighted by Crippen LogP contribution is 2.39. The van der Waals surface area contributed by atoms with Crippen molar-refractivity contribution in [2.45, 2.75) is 51.6 Å². The summed E-state index contributed by atoms with van der Waals surface area (Å²) in [6, 6.07) is 6.81. The Labute approximate surface area is 136 Å². The highest BCUT2D eigenvalue weighted by atomic mass is 35.5. The topological polar surface area (TPSA) is 57.6 Å². The third kappa shape index (κ3) is 3.27. The fourth-order valence-corrected chi connectivity index (χ4v) is 3.47. The predicted molar refractivity (Wildman–Crippen MR) is 85.8 cm³/mol. The molecule has 5 heteroatoms. The first-order chi connectivity index (χ1) is 10.5. The van der Waals surface area contributed by atoms with E-state index in [1.54, 1.807) is 17.0 Å². The Morgan fingerprint density at radius 3 is 2.41 bits per heavy atom. The number of likely N-dealkylation sites (tertiary alicyclic amines) is 1. The molecule has 0 saturated carbocycles. The van der Waals surface area contributed by atoms with Gasteiger partial charge in [0.15, 0.2) is 0 Å². The van der Waals surface area contributed by atoms with Crippen LogP contribution in [0.5, 0.6) is 0 Å². The summed E-state index contributed by atoms with van der Waals surface area (Å²) in [5, 5.41) is 10.2. The SMILES string of the molecule is CCC(CC)N1C(=O)CC[C@H](C(=O)O)[C@@H]1c1ccc(Cl)cc1. The van der Waals surface area contributed by atoms with Crippen molar-refractivity contribution in [1.82, 2.24) is 4.90 Å². The largest absolute Gasteiger partial charge is 0.481 e. The van der Waals surface area contributed by atoms with Crippen molar-refractivity contribution < 1.29 is 14.7 Å². The number of carboxylic acids is 1. The number of hydrogen-bond donors (Lipinski definition) is 1. The number of hydrogen-bond acceptors (Lipinski definition) is 2. The van der Waals surface area contributed by atoms with Crippen molar-refractivity contribution >= 4 is 23.5 Å². The lowest BCUT2D eigenvalue weighted by atomic mass is 9.82. The number of nitrogens with zero attached hydrogens (tertiary/aromatic N) is 1. The van der Waals surface area contributed by atoms with Gasteiger partial charge in [-0.25, -0.2) is 0 Å². The van der Waals surface area contributed by atoms with Gasteiger partial charge in [-0.05, 0) is 37.0 Å². The molecule has 4 nitrogen and oxygen atoms in total. The summed E-state index contributed by atoms with van der Waals surface area (Å²) in [5.74, 6) is -1.37. The minimum absolute atomic E-state index is 0.0474. The van der Waals surface area contributed by atoms with E-state index in [-0.39, 0.29) is 11.9 Å². The second kappa shape index (κ2) is 7.14. The first-order valence-electron chi connectivity index (χ1n) is 7.79. The quantitative estimate of drug-likeness (QED) is 0.894. The van der Waals surface area contributed by atoms with Crippen LogP contribution in [0, 0.1) is 5.92 Å². The molecule has 1 aliphatic rings. The number of halogens is 1. The maximum atomic E-state index is 12.5. The van der Waals surface area contributed by atoms with Gasteiger partial charge in [0.05, 0.1) is 12.0 Å². The minimum atomic E-state index is -0.844. The summed E-state index contributed by atoms with van der Waals surface area (Å²) in [6.07, 6.45) is 2.33. The van der Waals surface area contributed by atoms with E-state index in [9.17, 15) is 14.7 Å². The molecular formula is C17H22ClNO3. The van der Waals surface area contributed by atoms with E-state index in [1.807, 2.05) is 26.0 Å². The van der Waals surface area contributed by atoms with Gasteiger partial charge in [0.1, 0.15) is 0 Å². The number of amides is 1. The van der Waals surface area contributed by atoms with Gasteiger partial charge in [0.25, 0.3) is 0 Å². The molecule has 1 aliphatic heterocycles. The molecule has 1 fully saturated rings. The van der Waals surface area contributed by atoms with E-state index >= 15 is 0 Å². The zero-order valence-electron chi connectivity index (χ0n) is 13.0. The van der Waals surface area contributed by atoms with Gasteiger partial charge in [-0.2, -0.15) is 0 Å². The molecule has 0 aliphatic carbocycles. The Hall–Kier alpha value is -1.55. The Bertz CT molecular complexity index is 539. The Balaban J connectivity index is 2.47. The van der Waals surface area contributed by atoms with Crippen LogP contribution in [0.1, 0.15) is 51.1 Å². The van der Waals surface area contributed by atoms with E-state index in [2.05, 4.69) is 0 Å². The monoisotopic (exact) mass is 323 g/mol. The van der Waals surface area contributed by atoms with Crippen LogP contribution in [-0.2, 0) is 9.59 Å². The number of carbonyl (C=O) groups excluding carboxylic acids is 1.